The Bertz CT molecular complexity index is 517. The van der Waals surface area contributed by atoms with E-state index in [9.17, 15) is 4.79 Å². The third kappa shape index (κ3) is 4.47. The summed E-state index contributed by atoms with van der Waals surface area (Å²) >= 11 is 0. The first-order valence-corrected chi connectivity index (χ1v) is 8.77. The first-order chi connectivity index (χ1) is 11.2. The van der Waals surface area contributed by atoms with Gasteiger partial charge in [0.2, 0.25) is 5.91 Å². The Labute approximate surface area is 139 Å². The van der Waals surface area contributed by atoms with Gasteiger partial charge in [0, 0.05) is 6.42 Å². The molecule has 0 radical (unpaired) electrons. The number of hydrogen-bond donors (Lipinski definition) is 1. The molecule has 2 aliphatic rings. The van der Waals surface area contributed by atoms with E-state index in [1.165, 1.54) is 18.4 Å². The Balaban J connectivity index is 1.57. The highest BCUT2D eigenvalue weighted by Crippen LogP contribution is 2.41. The molecule has 1 aliphatic heterocycles. The van der Waals surface area contributed by atoms with Crippen molar-refractivity contribution < 1.29 is 9.53 Å². The minimum Gasteiger partial charge on any atom is -0.497 e. The van der Waals surface area contributed by atoms with Crippen molar-refractivity contribution in [1.82, 2.24) is 10.2 Å². The van der Waals surface area contributed by atoms with Gasteiger partial charge < -0.3 is 15.0 Å². The summed E-state index contributed by atoms with van der Waals surface area (Å²) in [6, 6.07) is 8.29. The molecule has 1 saturated carbocycles. The van der Waals surface area contributed by atoms with Crippen LogP contribution in [0.5, 0.6) is 5.75 Å². The molecule has 1 aromatic rings. The summed E-state index contributed by atoms with van der Waals surface area (Å²) in [7, 11) is 3.83. The number of methoxy groups -OCH3 is 1. The topological polar surface area (TPSA) is 41.6 Å². The van der Waals surface area contributed by atoms with E-state index < -0.39 is 0 Å². The predicted molar refractivity (Wildman–Crippen MR) is 91.4 cm³/mol. The van der Waals surface area contributed by atoms with Gasteiger partial charge in [-0.1, -0.05) is 12.1 Å². The van der Waals surface area contributed by atoms with Crippen LogP contribution in [0.15, 0.2) is 24.3 Å². The van der Waals surface area contributed by atoms with Gasteiger partial charge in [-0.05, 0) is 75.4 Å². The smallest absolute Gasteiger partial charge is 0.220 e. The lowest BCUT2D eigenvalue weighted by molar-refractivity contribution is -0.123. The fourth-order valence-corrected chi connectivity index (χ4v) is 3.47. The number of benzene rings is 1. The molecule has 0 unspecified atom stereocenters. The summed E-state index contributed by atoms with van der Waals surface area (Å²) in [6.45, 7) is 2.23. The van der Waals surface area contributed by atoms with Crippen LogP contribution in [0.4, 0.5) is 0 Å². The van der Waals surface area contributed by atoms with Gasteiger partial charge in [0.25, 0.3) is 0 Å². The average Bonchev–Trinajstić information content (AvgIpc) is 3.40. The molecule has 1 amide bonds. The summed E-state index contributed by atoms with van der Waals surface area (Å²) in [5.41, 5.74) is 1.20. The van der Waals surface area contributed by atoms with E-state index in [1.807, 2.05) is 12.1 Å². The number of nitrogens with zero attached hydrogens (tertiary/aromatic N) is 1. The van der Waals surface area contributed by atoms with Crippen molar-refractivity contribution in [2.45, 2.75) is 38.1 Å². The Morgan fingerprint density at radius 1 is 1.22 bits per heavy atom. The highest BCUT2D eigenvalue weighted by Gasteiger charge is 2.33. The average molecular weight is 316 g/mol. The number of nitrogens with one attached hydrogen (secondary N) is 1. The minimum absolute atomic E-state index is 0.166. The third-order valence-electron chi connectivity index (χ3n) is 5.20. The van der Waals surface area contributed by atoms with Crippen LogP contribution in [0.2, 0.25) is 0 Å². The van der Waals surface area contributed by atoms with E-state index >= 15 is 0 Å². The highest BCUT2D eigenvalue weighted by molar-refractivity contribution is 5.76. The molecule has 3 rings (SSSR count). The van der Waals surface area contributed by atoms with Crippen LogP contribution in [0.1, 0.15) is 43.7 Å². The van der Waals surface area contributed by atoms with Crippen molar-refractivity contribution in [3.63, 3.8) is 0 Å². The molecule has 1 N–H and O–H groups in total. The van der Waals surface area contributed by atoms with E-state index in [-0.39, 0.29) is 11.9 Å². The number of amides is 1. The van der Waals surface area contributed by atoms with E-state index in [0.29, 0.717) is 18.3 Å². The molecule has 126 valence electrons. The van der Waals surface area contributed by atoms with Gasteiger partial charge >= 0.3 is 0 Å². The molecule has 1 atom stereocenters. The molecule has 1 saturated heterocycles. The maximum atomic E-state index is 12.5. The second-order valence-electron chi connectivity index (χ2n) is 7.11. The number of piperidine rings is 1. The lowest BCUT2D eigenvalue weighted by atomic mass is 9.93. The van der Waals surface area contributed by atoms with Crippen LogP contribution >= 0.6 is 0 Å². The van der Waals surface area contributed by atoms with E-state index in [0.717, 1.165) is 31.7 Å². The Morgan fingerprint density at radius 3 is 2.43 bits per heavy atom. The molecule has 1 aliphatic carbocycles. The molecule has 2 fully saturated rings. The summed E-state index contributed by atoms with van der Waals surface area (Å²) in [5, 5.41) is 3.30. The Kier molecular flexibility index (Phi) is 5.21. The van der Waals surface area contributed by atoms with E-state index in [4.69, 9.17) is 4.74 Å². The van der Waals surface area contributed by atoms with Crippen LogP contribution in [-0.2, 0) is 4.79 Å². The van der Waals surface area contributed by atoms with Gasteiger partial charge in [-0.2, -0.15) is 0 Å². The Hall–Kier alpha value is -1.55. The molecule has 1 heterocycles. The molecule has 4 nitrogen and oxygen atoms in total. The predicted octanol–water partition coefficient (Wildman–Crippen LogP) is 2.99. The van der Waals surface area contributed by atoms with E-state index in [1.54, 1.807) is 7.11 Å². The molecular weight excluding hydrogens is 288 g/mol. The van der Waals surface area contributed by atoms with E-state index in [2.05, 4.69) is 29.4 Å². The van der Waals surface area contributed by atoms with Crippen molar-refractivity contribution in [1.29, 1.82) is 0 Å². The monoisotopic (exact) mass is 316 g/mol. The number of rotatable bonds is 6. The number of carbonyl (C=O) groups is 1. The molecule has 0 aromatic heterocycles. The Morgan fingerprint density at radius 2 is 1.87 bits per heavy atom. The van der Waals surface area contributed by atoms with Crippen LogP contribution in [-0.4, -0.2) is 38.1 Å². The van der Waals surface area contributed by atoms with Gasteiger partial charge in [-0.25, -0.2) is 0 Å². The molecular formula is C19H28N2O2. The first-order valence-electron chi connectivity index (χ1n) is 8.77. The zero-order chi connectivity index (χ0) is 16.2. The molecule has 23 heavy (non-hydrogen) atoms. The first kappa shape index (κ1) is 16.3. The largest absolute Gasteiger partial charge is 0.497 e. The zero-order valence-corrected chi connectivity index (χ0v) is 14.3. The van der Waals surface area contributed by atoms with Crippen molar-refractivity contribution in [3.8, 4) is 5.75 Å². The van der Waals surface area contributed by atoms with Crippen molar-refractivity contribution in [2.24, 2.45) is 11.8 Å². The fourth-order valence-electron chi connectivity index (χ4n) is 3.47. The van der Waals surface area contributed by atoms with Crippen molar-refractivity contribution in [2.75, 3.05) is 27.2 Å². The summed E-state index contributed by atoms with van der Waals surface area (Å²) < 4.78 is 5.22. The van der Waals surface area contributed by atoms with Gasteiger partial charge in [0.15, 0.2) is 0 Å². The lowest BCUT2D eigenvalue weighted by Crippen LogP contribution is -2.35. The summed E-state index contributed by atoms with van der Waals surface area (Å²) in [6.07, 6.45) is 5.38. The number of hydrogen-bond acceptors (Lipinski definition) is 3. The number of likely N-dealkylation sites (tertiary alicyclic amines) is 1. The van der Waals surface area contributed by atoms with Gasteiger partial charge in [0.05, 0.1) is 13.2 Å². The fraction of sp³-hybridized carbons (Fsp3) is 0.632. The lowest BCUT2D eigenvalue weighted by Gasteiger charge is -2.29. The normalized spacial score (nSPS) is 21.0. The third-order valence-corrected chi connectivity index (χ3v) is 5.20. The molecule has 1 aromatic carbocycles. The minimum atomic E-state index is 0.166. The summed E-state index contributed by atoms with van der Waals surface area (Å²) in [4.78, 5) is 14.8. The second kappa shape index (κ2) is 7.35. The van der Waals surface area contributed by atoms with Crippen LogP contribution < -0.4 is 10.1 Å². The quantitative estimate of drug-likeness (QED) is 0.877. The van der Waals surface area contributed by atoms with Crippen LogP contribution in [0, 0.1) is 11.8 Å². The maximum Gasteiger partial charge on any atom is 0.220 e. The van der Waals surface area contributed by atoms with Crippen LogP contribution in [0.25, 0.3) is 0 Å². The number of ether oxygens (including phenoxy) is 1. The van der Waals surface area contributed by atoms with Crippen LogP contribution in [0.3, 0.4) is 0 Å². The second-order valence-corrected chi connectivity index (χ2v) is 7.11. The van der Waals surface area contributed by atoms with Crippen molar-refractivity contribution >= 4 is 5.91 Å². The van der Waals surface area contributed by atoms with Gasteiger partial charge in [-0.3, -0.25) is 4.79 Å². The van der Waals surface area contributed by atoms with Crippen molar-refractivity contribution in [3.05, 3.63) is 29.8 Å². The zero-order valence-electron chi connectivity index (χ0n) is 14.3. The van der Waals surface area contributed by atoms with Gasteiger partial charge in [-0.15, -0.1) is 0 Å². The molecule has 4 heteroatoms. The SMILES string of the molecule is COc1ccc([C@H](NC(=O)CC2CCN(C)CC2)C2CC2)cc1. The summed E-state index contributed by atoms with van der Waals surface area (Å²) in [5.74, 6) is 2.22. The van der Waals surface area contributed by atoms with Gasteiger partial charge in [0.1, 0.15) is 5.75 Å². The maximum absolute atomic E-state index is 12.5. The molecule has 0 spiro atoms. The number of carbonyl (C=O) groups excluding carboxylic acids is 1. The molecule has 0 bridgehead atoms. The standard InChI is InChI=1S/C19H28N2O2/c1-21-11-9-14(10-12-21)13-18(22)20-19(15-3-4-15)16-5-7-17(23-2)8-6-16/h5-8,14-15,19H,3-4,9-13H2,1-2H3,(H,20,22)/t19-/m1/s1. The highest BCUT2D eigenvalue weighted by atomic mass is 16.5.